The number of aliphatic hydroxyl groups is 1. The predicted molar refractivity (Wildman–Crippen MR) is 76.1 cm³/mol. The first kappa shape index (κ1) is 13.9. The number of amides is 1. The van der Waals surface area contributed by atoms with Crippen molar-refractivity contribution in [2.24, 2.45) is 5.41 Å². The van der Waals surface area contributed by atoms with Crippen LogP contribution in [0.2, 0.25) is 0 Å². The van der Waals surface area contributed by atoms with Crippen molar-refractivity contribution in [3.05, 3.63) is 30.3 Å². The molecule has 0 atom stereocenters. The molecule has 2 rings (SSSR count). The second-order valence-corrected chi connectivity index (χ2v) is 5.28. The molecule has 0 heterocycles. The van der Waals surface area contributed by atoms with Gasteiger partial charge in [-0.05, 0) is 31.9 Å². The Kier molecular flexibility index (Phi) is 4.43. The van der Waals surface area contributed by atoms with Gasteiger partial charge in [-0.15, -0.1) is 0 Å². The zero-order valence-corrected chi connectivity index (χ0v) is 11.4. The number of aliphatic hydroxyl groups excluding tert-OH is 1. The highest BCUT2D eigenvalue weighted by Gasteiger charge is 2.42. The van der Waals surface area contributed by atoms with Gasteiger partial charge >= 0.3 is 0 Å². The SMILES string of the molecule is CCN(CC(=O)NCC1(CO)CC1)c1ccccc1. The van der Waals surface area contributed by atoms with E-state index in [4.69, 9.17) is 0 Å². The van der Waals surface area contributed by atoms with Crippen LogP contribution in [0.4, 0.5) is 5.69 Å². The molecule has 0 bridgehead atoms. The largest absolute Gasteiger partial charge is 0.396 e. The molecule has 0 aromatic heterocycles. The molecule has 1 aromatic rings. The molecule has 2 N–H and O–H groups in total. The number of para-hydroxylation sites is 1. The van der Waals surface area contributed by atoms with Gasteiger partial charge in [0, 0.05) is 24.2 Å². The topological polar surface area (TPSA) is 52.6 Å². The first-order valence-electron chi connectivity index (χ1n) is 6.87. The van der Waals surface area contributed by atoms with Crippen molar-refractivity contribution in [1.29, 1.82) is 0 Å². The normalized spacial score (nSPS) is 15.9. The first-order chi connectivity index (χ1) is 9.19. The Morgan fingerprint density at radius 3 is 2.58 bits per heavy atom. The molecular formula is C15H22N2O2. The Balaban J connectivity index is 1.83. The summed E-state index contributed by atoms with van der Waals surface area (Å²) in [6.45, 7) is 3.96. The Morgan fingerprint density at radius 1 is 1.37 bits per heavy atom. The van der Waals surface area contributed by atoms with Crippen molar-refractivity contribution in [2.75, 3.05) is 31.1 Å². The first-order valence-corrected chi connectivity index (χ1v) is 6.87. The van der Waals surface area contributed by atoms with E-state index in [1.165, 1.54) is 0 Å². The molecule has 0 aliphatic heterocycles. The number of carbonyl (C=O) groups excluding carboxylic acids is 1. The van der Waals surface area contributed by atoms with Crippen LogP contribution in [0.3, 0.4) is 0 Å². The Labute approximate surface area is 114 Å². The number of benzene rings is 1. The minimum absolute atomic E-state index is 0.0189. The average molecular weight is 262 g/mol. The maximum atomic E-state index is 11.9. The van der Waals surface area contributed by atoms with Gasteiger partial charge in [0.1, 0.15) is 0 Å². The monoisotopic (exact) mass is 262 g/mol. The van der Waals surface area contributed by atoms with Crippen LogP contribution >= 0.6 is 0 Å². The predicted octanol–water partition coefficient (Wildman–Crippen LogP) is 1.40. The quantitative estimate of drug-likeness (QED) is 0.781. The van der Waals surface area contributed by atoms with Crippen LogP contribution in [0.5, 0.6) is 0 Å². The van der Waals surface area contributed by atoms with Crippen molar-refractivity contribution < 1.29 is 9.90 Å². The molecule has 1 fully saturated rings. The van der Waals surface area contributed by atoms with E-state index in [-0.39, 0.29) is 17.9 Å². The summed E-state index contributed by atoms with van der Waals surface area (Å²) in [7, 11) is 0. The van der Waals surface area contributed by atoms with Crippen LogP contribution in [0, 0.1) is 5.41 Å². The zero-order chi connectivity index (χ0) is 13.7. The van der Waals surface area contributed by atoms with E-state index in [9.17, 15) is 9.90 Å². The fourth-order valence-corrected chi connectivity index (χ4v) is 2.11. The fraction of sp³-hybridized carbons (Fsp3) is 0.533. The zero-order valence-electron chi connectivity index (χ0n) is 11.4. The molecule has 1 saturated carbocycles. The van der Waals surface area contributed by atoms with E-state index in [0.717, 1.165) is 25.1 Å². The lowest BCUT2D eigenvalue weighted by atomic mass is 10.1. The molecule has 0 saturated heterocycles. The summed E-state index contributed by atoms with van der Waals surface area (Å²) in [5.41, 5.74) is 1.03. The molecule has 1 aliphatic rings. The van der Waals surface area contributed by atoms with E-state index in [0.29, 0.717) is 13.1 Å². The molecule has 4 heteroatoms. The van der Waals surface area contributed by atoms with E-state index in [1.54, 1.807) is 0 Å². The summed E-state index contributed by atoms with van der Waals surface area (Å²) in [4.78, 5) is 14.0. The summed E-state index contributed by atoms with van der Waals surface area (Å²) < 4.78 is 0. The van der Waals surface area contributed by atoms with Gasteiger partial charge in [-0.3, -0.25) is 4.79 Å². The fourth-order valence-electron chi connectivity index (χ4n) is 2.11. The summed E-state index contributed by atoms with van der Waals surface area (Å²) in [5.74, 6) is 0.0189. The number of carbonyl (C=O) groups is 1. The van der Waals surface area contributed by atoms with Crippen LogP contribution in [0.15, 0.2) is 30.3 Å². The summed E-state index contributed by atoms with van der Waals surface area (Å²) in [5, 5.41) is 12.1. The summed E-state index contributed by atoms with van der Waals surface area (Å²) in [6, 6.07) is 9.93. The minimum atomic E-state index is -0.0283. The number of anilines is 1. The van der Waals surface area contributed by atoms with Gasteiger partial charge in [0.15, 0.2) is 0 Å². The molecule has 0 radical (unpaired) electrons. The molecule has 0 spiro atoms. The van der Waals surface area contributed by atoms with Crippen molar-refractivity contribution >= 4 is 11.6 Å². The summed E-state index contributed by atoms with van der Waals surface area (Å²) >= 11 is 0. The molecule has 1 amide bonds. The third-order valence-electron chi connectivity index (χ3n) is 3.79. The number of nitrogens with zero attached hydrogens (tertiary/aromatic N) is 1. The van der Waals surface area contributed by atoms with E-state index in [1.807, 2.05) is 42.2 Å². The van der Waals surface area contributed by atoms with Gasteiger partial charge in [0.25, 0.3) is 0 Å². The van der Waals surface area contributed by atoms with Gasteiger partial charge < -0.3 is 15.3 Å². The van der Waals surface area contributed by atoms with Gasteiger partial charge in [0.05, 0.1) is 13.2 Å². The van der Waals surface area contributed by atoms with Crippen molar-refractivity contribution in [1.82, 2.24) is 5.32 Å². The van der Waals surface area contributed by atoms with Crippen LogP contribution in [0.25, 0.3) is 0 Å². The second-order valence-electron chi connectivity index (χ2n) is 5.28. The Morgan fingerprint density at radius 2 is 2.05 bits per heavy atom. The van der Waals surface area contributed by atoms with E-state index >= 15 is 0 Å². The van der Waals surface area contributed by atoms with Crippen LogP contribution in [-0.4, -0.2) is 37.3 Å². The molecule has 4 nitrogen and oxygen atoms in total. The number of nitrogens with one attached hydrogen (secondary N) is 1. The van der Waals surface area contributed by atoms with Crippen LogP contribution in [-0.2, 0) is 4.79 Å². The lowest BCUT2D eigenvalue weighted by molar-refractivity contribution is -0.120. The molecule has 104 valence electrons. The number of hydrogen-bond donors (Lipinski definition) is 2. The van der Waals surface area contributed by atoms with Crippen molar-refractivity contribution in [3.8, 4) is 0 Å². The smallest absolute Gasteiger partial charge is 0.239 e. The number of hydrogen-bond acceptors (Lipinski definition) is 3. The van der Waals surface area contributed by atoms with Crippen LogP contribution < -0.4 is 10.2 Å². The third kappa shape index (κ3) is 3.70. The van der Waals surface area contributed by atoms with Gasteiger partial charge in [-0.25, -0.2) is 0 Å². The van der Waals surface area contributed by atoms with E-state index in [2.05, 4.69) is 5.32 Å². The lowest BCUT2D eigenvalue weighted by Gasteiger charge is -2.23. The van der Waals surface area contributed by atoms with Gasteiger partial charge in [0.2, 0.25) is 5.91 Å². The maximum Gasteiger partial charge on any atom is 0.239 e. The maximum absolute atomic E-state index is 11.9. The highest BCUT2D eigenvalue weighted by atomic mass is 16.3. The molecular weight excluding hydrogens is 240 g/mol. The molecule has 0 unspecified atom stereocenters. The van der Waals surface area contributed by atoms with Crippen molar-refractivity contribution in [3.63, 3.8) is 0 Å². The Hall–Kier alpha value is -1.55. The average Bonchev–Trinajstić information content (AvgIpc) is 3.24. The summed E-state index contributed by atoms with van der Waals surface area (Å²) in [6.07, 6.45) is 2.03. The highest BCUT2D eigenvalue weighted by Crippen LogP contribution is 2.44. The van der Waals surface area contributed by atoms with Crippen LogP contribution in [0.1, 0.15) is 19.8 Å². The van der Waals surface area contributed by atoms with Crippen molar-refractivity contribution in [2.45, 2.75) is 19.8 Å². The number of rotatable bonds is 7. The molecule has 19 heavy (non-hydrogen) atoms. The lowest BCUT2D eigenvalue weighted by Crippen LogP contribution is -2.40. The Bertz CT molecular complexity index is 415. The molecule has 1 aromatic carbocycles. The van der Waals surface area contributed by atoms with Gasteiger partial charge in [-0.1, -0.05) is 18.2 Å². The standard InChI is InChI=1S/C15H22N2O2/c1-2-17(13-6-4-3-5-7-13)10-14(19)16-11-15(12-18)8-9-15/h3-7,18H,2,8-12H2,1H3,(H,16,19). The second kappa shape index (κ2) is 6.06. The number of likely N-dealkylation sites (N-methyl/N-ethyl adjacent to an activating group) is 1. The minimum Gasteiger partial charge on any atom is -0.396 e. The molecule has 1 aliphatic carbocycles. The third-order valence-corrected chi connectivity index (χ3v) is 3.79. The van der Waals surface area contributed by atoms with E-state index < -0.39 is 0 Å². The van der Waals surface area contributed by atoms with Gasteiger partial charge in [-0.2, -0.15) is 0 Å². The highest BCUT2D eigenvalue weighted by molar-refractivity contribution is 5.81.